The standard InChI is InChI=1S/C8H6F5NO/c9-7(10)5-2-1-4(3-15)14-6(5)8(11,12)13/h1-2,7,15H,3H2. The summed E-state index contributed by atoms with van der Waals surface area (Å²) >= 11 is 0. The van der Waals surface area contributed by atoms with Gasteiger partial charge in [0.05, 0.1) is 12.3 Å². The summed E-state index contributed by atoms with van der Waals surface area (Å²) < 4.78 is 61.1. The fourth-order valence-electron chi connectivity index (χ4n) is 1.00. The summed E-state index contributed by atoms with van der Waals surface area (Å²) in [5.74, 6) is 0. The third kappa shape index (κ3) is 2.62. The molecule has 0 saturated carbocycles. The largest absolute Gasteiger partial charge is 0.433 e. The first-order valence-corrected chi connectivity index (χ1v) is 3.82. The van der Waals surface area contributed by atoms with E-state index in [1.165, 1.54) is 0 Å². The molecule has 0 bridgehead atoms. The van der Waals surface area contributed by atoms with Crippen molar-refractivity contribution in [2.24, 2.45) is 0 Å². The lowest BCUT2D eigenvalue weighted by Crippen LogP contribution is -2.13. The average Bonchev–Trinajstić information content (AvgIpc) is 2.15. The first-order valence-electron chi connectivity index (χ1n) is 3.82. The van der Waals surface area contributed by atoms with Crippen LogP contribution in [0.15, 0.2) is 12.1 Å². The maximum atomic E-state index is 12.2. The zero-order valence-corrected chi connectivity index (χ0v) is 7.22. The Kier molecular flexibility index (Phi) is 3.23. The Morgan fingerprint density at radius 3 is 2.27 bits per heavy atom. The monoisotopic (exact) mass is 227 g/mol. The van der Waals surface area contributed by atoms with E-state index in [-0.39, 0.29) is 5.69 Å². The lowest BCUT2D eigenvalue weighted by Gasteiger charge is -2.11. The van der Waals surface area contributed by atoms with Gasteiger partial charge in [-0.05, 0) is 12.1 Å². The minimum absolute atomic E-state index is 0.299. The Morgan fingerprint density at radius 2 is 1.87 bits per heavy atom. The third-order valence-corrected chi connectivity index (χ3v) is 1.65. The summed E-state index contributed by atoms with van der Waals surface area (Å²) in [4.78, 5) is 2.93. The molecule has 0 spiro atoms. The fourth-order valence-corrected chi connectivity index (χ4v) is 1.00. The number of halogens is 5. The van der Waals surface area contributed by atoms with Crippen molar-refractivity contribution in [2.45, 2.75) is 19.2 Å². The summed E-state index contributed by atoms with van der Waals surface area (Å²) in [6.45, 7) is -0.730. The average molecular weight is 227 g/mol. The van der Waals surface area contributed by atoms with Crippen LogP contribution in [0.2, 0.25) is 0 Å². The highest BCUT2D eigenvalue weighted by Gasteiger charge is 2.37. The molecule has 0 saturated heterocycles. The van der Waals surface area contributed by atoms with Gasteiger partial charge in [-0.25, -0.2) is 13.8 Å². The van der Waals surface area contributed by atoms with Crippen molar-refractivity contribution in [3.8, 4) is 0 Å². The molecule has 0 amide bonds. The van der Waals surface area contributed by atoms with Crippen LogP contribution in [0.25, 0.3) is 0 Å². The second-order valence-electron chi connectivity index (χ2n) is 2.70. The number of hydrogen-bond acceptors (Lipinski definition) is 2. The van der Waals surface area contributed by atoms with Crippen molar-refractivity contribution in [1.29, 1.82) is 0 Å². The minimum Gasteiger partial charge on any atom is -0.390 e. The minimum atomic E-state index is -4.95. The normalized spacial score (nSPS) is 12.2. The van der Waals surface area contributed by atoms with Gasteiger partial charge < -0.3 is 5.11 Å². The van der Waals surface area contributed by atoms with Gasteiger partial charge in [0.1, 0.15) is 0 Å². The number of aliphatic hydroxyl groups excluding tert-OH is 1. The molecule has 0 aliphatic carbocycles. The van der Waals surface area contributed by atoms with Crippen LogP contribution in [0.4, 0.5) is 22.0 Å². The van der Waals surface area contributed by atoms with Gasteiger partial charge in [0.2, 0.25) is 0 Å². The number of hydrogen-bond donors (Lipinski definition) is 1. The van der Waals surface area contributed by atoms with Gasteiger partial charge in [0, 0.05) is 5.56 Å². The predicted octanol–water partition coefficient (Wildman–Crippen LogP) is 2.53. The van der Waals surface area contributed by atoms with Crippen LogP contribution in [-0.2, 0) is 12.8 Å². The molecule has 0 aliphatic heterocycles. The molecule has 0 aliphatic rings. The number of alkyl halides is 5. The molecule has 1 aromatic heterocycles. The van der Waals surface area contributed by atoms with Crippen LogP contribution in [-0.4, -0.2) is 10.1 Å². The zero-order chi connectivity index (χ0) is 11.6. The molecular formula is C8H6F5NO. The van der Waals surface area contributed by atoms with E-state index in [1.807, 2.05) is 0 Å². The van der Waals surface area contributed by atoms with Crippen molar-refractivity contribution in [3.05, 3.63) is 29.1 Å². The molecule has 84 valence electrons. The maximum absolute atomic E-state index is 12.2. The molecule has 1 aromatic rings. The van der Waals surface area contributed by atoms with Crippen molar-refractivity contribution < 1.29 is 27.1 Å². The molecule has 0 fully saturated rings. The van der Waals surface area contributed by atoms with Gasteiger partial charge in [-0.15, -0.1) is 0 Å². The first-order chi connectivity index (χ1) is 6.86. The van der Waals surface area contributed by atoms with Gasteiger partial charge in [-0.1, -0.05) is 0 Å². The smallest absolute Gasteiger partial charge is 0.390 e. The van der Waals surface area contributed by atoms with E-state index < -0.39 is 30.5 Å². The number of aromatic nitrogens is 1. The Labute approximate surface area is 81.4 Å². The Balaban J connectivity index is 3.29. The molecule has 15 heavy (non-hydrogen) atoms. The zero-order valence-electron chi connectivity index (χ0n) is 7.22. The van der Waals surface area contributed by atoms with Crippen molar-refractivity contribution in [1.82, 2.24) is 4.98 Å². The van der Waals surface area contributed by atoms with Crippen LogP contribution in [0.5, 0.6) is 0 Å². The Bertz CT molecular complexity index is 349. The molecule has 1 rings (SSSR count). The summed E-state index contributed by atoms with van der Waals surface area (Å²) in [5, 5.41) is 8.54. The molecule has 0 radical (unpaired) electrons. The first kappa shape index (κ1) is 11.8. The highest BCUT2D eigenvalue weighted by molar-refractivity contribution is 5.26. The molecule has 0 unspecified atom stereocenters. The van der Waals surface area contributed by atoms with E-state index in [2.05, 4.69) is 4.98 Å². The number of nitrogens with zero attached hydrogens (tertiary/aromatic N) is 1. The molecular weight excluding hydrogens is 221 g/mol. The van der Waals surface area contributed by atoms with Gasteiger partial charge in [0.25, 0.3) is 6.43 Å². The lowest BCUT2D eigenvalue weighted by molar-refractivity contribution is -0.143. The van der Waals surface area contributed by atoms with E-state index in [9.17, 15) is 22.0 Å². The summed E-state index contributed by atoms with van der Waals surface area (Å²) in [7, 11) is 0. The number of pyridine rings is 1. The van der Waals surface area contributed by atoms with Crippen molar-refractivity contribution in [2.75, 3.05) is 0 Å². The van der Waals surface area contributed by atoms with Crippen molar-refractivity contribution in [3.63, 3.8) is 0 Å². The van der Waals surface area contributed by atoms with Crippen LogP contribution in [0.3, 0.4) is 0 Å². The van der Waals surface area contributed by atoms with Crippen LogP contribution < -0.4 is 0 Å². The number of rotatable bonds is 2. The van der Waals surface area contributed by atoms with E-state index in [4.69, 9.17) is 5.11 Å². The highest BCUT2D eigenvalue weighted by Crippen LogP contribution is 2.34. The van der Waals surface area contributed by atoms with Crippen LogP contribution in [0, 0.1) is 0 Å². The molecule has 2 nitrogen and oxygen atoms in total. The topological polar surface area (TPSA) is 33.1 Å². The SMILES string of the molecule is OCc1ccc(C(F)F)c(C(F)(F)F)n1. The molecule has 0 aromatic carbocycles. The van der Waals surface area contributed by atoms with E-state index in [0.29, 0.717) is 6.07 Å². The predicted molar refractivity (Wildman–Crippen MR) is 40.1 cm³/mol. The van der Waals surface area contributed by atoms with E-state index in [1.54, 1.807) is 0 Å². The van der Waals surface area contributed by atoms with Crippen LogP contribution in [0.1, 0.15) is 23.4 Å². The Hall–Kier alpha value is -1.24. The quantitative estimate of drug-likeness (QED) is 0.787. The fraction of sp³-hybridized carbons (Fsp3) is 0.375. The van der Waals surface area contributed by atoms with Gasteiger partial charge in [0.15, 0.2) is 5.69 Å². The van der Waals surface area contributed by atoms with Gasteiger partial charge in [-0.2, -0.15) is 13.2 Å². The third-order valence-electron chi connectivity index (χ3n) is 1.65. The molecule has 0 atom stereocenters. The molecule has 7 heteroatoms. The summed E-state index contributed by atoms with van der Waals surface area (Å²) in [6.07, 6.45) is -8.20. The number of aliphatic hydroxyl groups is 1. The van der Waals surface area contributed by atoms with Crippen molar-refractivity contribution >= 4 is 0 Å². The van der Waals surface area contributed by atoms with Crippen LogP contribution >= 0.6 is 0 Å². The molecule has 1 heterocycles. The van der Waals surface area contributed by atoms with E-state index in [0.717, 1.165) is 6.07 Å². The second kappa shape index (κ2) is 4.09. The second-order valence-corrected chi connectivity index (χ2v) is 2.70. The van der Waals surface area contributed by atoms with Gasteiger partial charge in [-0.3, -0.25) is 0 Å². The highest BCUT2D eigenvalue weighted by atomic mass is 19.4. The summed E-state index contributed by atoms with van der Waals surface area (Å²) in [5.41, 5.74) is -3.13. The molecule has 1 N–H and O–H groups in total. The lowest BCUT2D eigenvalue weighted by atomic mass is 10.1. The Morgan fingerprint density at radius 1 is 1.27 bits per heavy atom. The van der Waals surface area contributed by atoms with E-state index >= 15 is 0 Å². The van der Waals surface area contributed by atoms with Gasteiger partial charge >= 0.3 is 6.18 Å². The maximum Gasteiger partial charge on any atom is 0.433 e. The summed E-state index contributed by atoms with van der Waals surface area (Å²) in [6, 6.07) is 1.54.